The molecule has 1 aromatic heterocycles. The Bertz CT molecular complexity index is 769. The molecule has 2 rings (SSSR count). The highest BCUT2D eigenvalue weighted by molar-refractivity contribution is 5.95. The van der Waals surface area contributed by atoms with Gasteiger partial charge in [0.05, 0.1) is 29.1 Å². The van der Waals surface area contributed by atoms with E-state index < -0.39 is 11.9 Å². The number of hydrogen-bond donors (Lipinski definition) is 2. The molecule has 6 nitrogen and oxygen atoms in total. The number of carboxylic acid groups (broad SMARTS) is 1. The lowest BCUT2D eigenvalue weighted by Crippen LogP contribution is -2.33. The van der Waals surface area contributed by atoms with Crippen molar-refractivity contribution in [1.29, 1.82) is 0 Å². The Balaban J connectivity index is 2.25. The quantitative estimate of drug-likeness (QED) is 0.755. The number of halogens is 1. The van der Waals surface area contributed by atoms with Crippen molar-refractivity contribution in [3.8, 4) is 5.69 Å². The summed E-state index contributed by atoms with van der Waals surface area (Å²) in [6, 6.07) is 5.86. The van der Waals surface area contributed by atoms with Crippen molar-refractivity contribution in [2.45, 2.75) is 39.5 Å². The predicted octanol–water partition coefficient (Wildman–Crippen LogP) is 3.37. The molecule has 1 unspecified atom stereocenters. The largest absolute Gasteiger partial charge is 0.481 e. The molecule has 0 radical (unpaired) electrons. The van der Waals surface area contributed by atoms with Crippen molar-refractivity contribution in [3.63, 3.8) is 0 Å². The molecule has 2 aromatic rings. The van der Waals surface area contributed by atoms with Gasteiger partial charge in [-0.15, -0.1) is 0 Å². The molecule has 1 atom stereocenters. The van der Waals surface area contributed by atoms with Gasteiger partial charge in [-0.25, -0.2) is 9.07 Å². The highest BCUT2D eigenvalue weighted by Crippen LogP contribution is 2.23. The second kappa shape index (κ2) is 8.60. The Labute approximate surface area is 152 Å². The van der Waals surface area contributed by atoms with Crippen molar-refractivity contribution < 1.29 is 19.1 Å². The van der Waals surface area contributed by atoms with Crippen LogP contribution in [-0.2, 0) is 4.79 Å². The van der Waals surface area contributed by atoms with E-state index in [9.17, 15) is 19.1 Å². The summed E-state index contributed by atoms with van der Waals surface area (Å²) in [7, 11) is 0. The molecule has 0 saturated carbocycles. The fraction of sp³-hybridized carbons (Fsp3) is 0.421. The molecule has 1 heterocycles. The minimum Gasteiger partial charge on any atom is -0.481 e. The first-order valence-electron chi connectivity index (χ1n) is 8.70. The first-order valence-corrected chi connectivity index (χ1v) is 8.70. The van der Waals surface area contributed by atoms with Crippen molar-refractivity contribution >= 4 is 11.9 Å². The van der Waals surface area contributed by atoms with Crippen LogP contribution in [0.2, 0.25) is 0 Å². The number of benzene rings is 1. The minimum atomic E-state index is -0.918. The van der Waals surface area contributed by atoms with Crippen molar-refractivity contribution in [3.05, 3.63) is 47.5 Å². The number of nitrogens with zero attached hydrogens (tertiary/aromatic N) is 2. The number of carbonyl (C=O) groups is 2. The fourth-order valence-electron chi connectivity index (χ4n) is 2.85. The molecule has 0 aliphatic carbocycles. The van der Waals surface area contributed by atoms with Crippen LogP contribution in [0.4, 0.5) is 4.39 Å². The smallest absolute Gasteiger partial charge is 0.308 e. The fourth-order valence-corrected chi connectivity index (χ4v) is 2.85. The first kappa shape index (κ1) is 19.6. The molecule has 140 valence electrons. The van der Waals surface area contributed by atoms with E-state index in [4.69, 9.17) is 0 Å². The molecule has 0 bridgehead atoms. The zero-order valence-corrected chi connectivity index (χ0v) is 15.2. The number of aromatic nitrogens is 2. The van der Waals surface area contributed by atoms with Crippen LogP contribution in [0.1, 0.15) is 55.6 Å². The lowest BCUT2D eigenvalue weighted by molar-refractivity contribution is -0.141. The monoisotopic (exact) mass is 361 g/mol. The third kappa shape index (κ3) is 4.47. The summed E-state index contributed by atoms with van der Waals surface area (Å²) >= 11 is 0. The van der Waals surface area contributed by atoms with E-state index in [0.29, 0.717) is 23.4 Å². The van der Waals surface area contributed by atoms with Crippen LogP contribution in [-0.4, -0.2) is 33.3 Å². The third-order valence-electron chi connectivity index (χ3n) is 4.16. The molecule has 0 saturated heterocycles. The van der Waals surface area contributed by atoms with Crippen LogP contribution in [0.15, 0.2) is 30.5 Å². The van der Waals surface area contributed by atoms with Gasteiger partial charge in [-0.3, -0.25) is 9.59 Å². The van der Waals surface area contributed by atoms with E-state index in [2.05, 4.69) is 10.4 Å². The van der Waals surface area contributed by atoms with Crippen LogP contribution < -0.4 is 5.32 Å². The van der Waals surface area contributed by atoms with Gasteiger partial charge >= 0.3 is 5.97 Å². The number of aliphatic carboxylic acids is 1. The van der Waals surface area contributed by atoms with Crippen molar-refractivity contribution in [2.75, 3.05) is 6.54 Å². The van der Waals surface area contributed by atoms with Gasteiger partial charge in [0.2, 0.25) is 0 Å². The van der Waals surface area contributed by atoms with Gasteiger partial charge in [0.15, 0.2) is 0 Å². The summed E-state index contributed by atoms with van der Waals surface area (Å²) in [6.07, 6.45) is 2.69. The Morgan fingerprint density at radius 3 is 2.46 bits per heavy atom. The third-order valence-corrected chi connectivity index (χ3v) is 4.16. The molecule has 0 fully saturated rings. The van der Waals surface area contributed by atoms with Gasteiger partial charge in [-0.2, -0.15) is 5.10 Å². The second-order valence-corrected chi connectivity index (χ2v) is 6.52. The Morgan fingerprint density at radius 1 is 1.27 bits per heavy atom. The SMILES string of the molecule is CCCC(CNC(=O)c1cnn(-c2ccc(F)cc2)c1C(C)C)C(=O)O. The second-order valence-electron chi connectivity index (χ2n) is 6.52. The van der Waals surface area contributed by atoms with Crippen molar-refractivity contribution in [2.24, 2.45) is 5.92 Å². The van der Waals surface area contributed by atoms with Crippen LogP contribution in [0.25, 0.3) is 5.69 Å². The molecule has 7 heteroatoms. The Kier molecular flexibility index (Phi) is 6.49. The van der Waals surface area contributed by atoms with Crippen LogP contribution in [0.5, 0.6) is 0 Å². The maximum Gasteiger partial charge on any atom is 0.308 e. The molecule has 26 heavy (non-hydrogen) atoms. The molecule has 0 aliphatic heterocycles. The van der Waals surface area contributed by atoms with Gasteiger partial charge in [-0.05, 0) is 36.6 Å². The molecule has 0 spiro atoms. The normalized spacial score (nSPS) is 12.2. The van der Waals surface area contributed by atoms with Gasteiger partial charge < -0.3 is 10.4 Å². The summed E-state index contributed by atoms with van der Waals surface area (Å²) in [5.74, 6) is -2.24. The average molecular weight is 361 g/mol. The number of carbonyl (C=O) groups excluding carboxylic acids is 1. The van der Waals surface area contributed by atoms with E-state index in [-0.39, 0.29) is 24.2 Å². The number of hydrogen-bond acceptors (Lipinski definition) is 3. The van der Waals surface area contributed by atoms with Crippen molar-refractivity contribution in [1.82, 2.24) is 15.1 Å². The molecule has 0 aliphatic rings. The van der Waals surface area contributed by atoms with Gasteiger partial charge in [-0.1, -0.05) is 27.2 Å². The Hall–Kier alpha value is -2.70. The topological polar surface area (TPSA) is 84.2 Å². The predicted molar refractivity (Wildman–Crippen MR) is 96.0 cm³/mol. The van der Waals surface area contributed by atoms with Crippen LogP contribution in [0, 0.1) is 11.7 Å². The molecule has 1 aromatic carbocycles. The number of amides is 1. The standard InChI is InChI=1S/C19H24FN3O3/c1-4-5-13(19(25)26)10-21-18(24)16-11-22-23(17(16)12(2)3)15-8-6-14(20)7-9-15/h6-9,11-13H,4-5,10H2,1-3H3,(H,21,24)(H,25,26). The number of nitrogens with one attached hydrogen (secondary N) is 1. The summed E-state index contributed by atoms with van der Waals surface area (Å²) in [4.78, 5) is 23.8. The molecular formula is C19H24FN3O3. The lowest BCUT2D eigenvalue weighted by Gasteiger charge is -2.15. The molecule has 2 N–H and O–H groups in total. The van der Waals surface area contributed by atoms with Gasteiger partial charge in [0.25, 0.3) is 5.91 Å². The van der Waals surface area contributed by atoms with Gasteiger partial charge in [0.1, 0.15) is 5.82 Å². The summed E-state index contributed by atoms with van der Waals surface area (Å²) < 4.78 is 14.8. The van der Waals surface area contributed by atoms with E-state index in [0.717, 1.165) is 6.42 Å². The minimum absolute atomic E-state index is 0.00536. The van der Waals surface area contributed by atoms with E-state index in [1.165, 1.54) is 18.3 Å². The summed E-state index contributed by atoms with van der Waals surface area (Å²) in [6.45, 7) is 5.85. The van der Waals surface area contributed by atoms with Gasteiger partial charge in [0, 0.05) is 6.54 Å². The van der Waals surface area contributed by atoms with Crippen LogP contribution in [0.3, 0.4) is 0 Å². The Morgan fingerprint density at radius 2 is 1.92 bits per heavy atom. The maximum atomic E-state index is 13.2. The number of carboxylic acids is 1. The first-order chi connectivity index (χ1) is 12.3. The van der Waals surface area contributed by atoms with E-state index >= 15 is 0 Å². The summed E-state index contributed by atoms with van der Waals surface area (Å²) in [5, 5.41) is 16.2. The average Bonchev–Trinajstić information content (AvgIpc) is 3.04. The molecule has 1 amide bonds. The summed E-state index contributed by atoms with van der Waals surface area (Å²) in [5.41, 5.74) is 1.74. The zero-order chi connectivity index (χ0) is 19.3. The lowest BCUT2D eigenvalue weighted by atomic mass is 10.0. The van der Waals surface area contributed by atoms with E-state index in [1.807, 2.05) is 20.8 Å². The number of rotatable bonds is 8. The zero-order valence-electron chi connectivity index (χ0n) is 15.2. The molecular weight excluding hydrogens is 337 g/mol. The van der Waals surface area contributed by atoms with Crippen LogP contribution >= 0.6 is 0 Å². The highest BCUT2D eigenvalue weighted by atomic mass is 19.1. The highest BCUT2D eigenvalue weighted by Gasteiger charge is 2.23. The van der Waals surface area contributed by atoms with E-state index in [1.54, 1.807) is 16.8 Å². The maximum absolute atomic E-state index is 13.2.